The van der Waals surface area contributed by atoms with Crippen LogP contribution in [0.5, 0.6) is 0 Å². The summed E-state index contributed by atoms with van der Waals surface area (Å²) in [6, 6.07) is 15.9. The Morgan fingerprint density at radius 2 is 1.85 bits per heavy atom. The molecule has 0 aliphatic carbocycles. The minimum Gasteiger partial charge on any atom is -0.387 e. The third-order valence-corrected chi connectivity index (χ3v) is 5.49. The van der Waals surface area contributed by atoms with E-state index < -0.39 is 10.0 Å². The second kappa shape index (κ2) is 7.67. The molecule has 1 aliphatic rings. The van der Waals surface area contributed by atoms with Crippen LogP contribution in [0.3, 0.4) is 0 Å². The van der Waals surface area contributed by atoms with Crippen molar-refractivity contribution in [1.29, 1.82) is 0 Å². The maximum Gasteiger partial charge on any atom is 0.269 e. The molecule has 136 valence electrons. The average molecular weight is 373 g/mol. The zero-order valence-corrected chi connectivity index (χ0v) is 15.0. The number of carbonyl (C=O) groups excluding carboxylic acids is 1. The van der Waals surface area contributed by atoms with Gasteiger partial charge in [-0.05, 0) is 30.3 Å². The number of hydrogen-bond donors (Lipinski definition) is 2. The number of benzene rings is 2. The number of carbonyl (C=O) groups is 1. The Labute approximate surface area is 152 Å². The van der Waals surface area contributed by atoms with Crippen molar-refractivity contribution in [2.75, 3.05) is 7.05 Å². The SMILES string of the molecule is CNS(=O)(=O)c1ccc(CNC(=O)C2=NOC(c3ccccc3)C2)cc1. The van der Waals surface area contributed by atoms with Gasteiger partial charge < -0.3 is 10.2 Å². The van der Waals surface area contributed by atoms with Crippen LogP contribution >= 0.6 is 0 Å². The molecular formula is C18H19N3O4S. The summed E-state index contributed by atoms with van der Waals surface area (Å²) in [5, 5.41) is 6.65. The predicted octanol–water partition coefficient (Wildman–Crippen LogP) is 1.73. The first kappa shape index (κ1) is 18.1. The lowest BCUT2D eigenvalue weighted by atomic mass is 10.0. The summed E-state index contributed by atoms with van der Waals surface area (Å²) in [6.07, 6.45) is 0.165. The number of nitrogens with zero attached hydrogens (tertiary/aromatic N) is 1. The Balaban J connectivity index is 1.55. The lowest BCUT2D eigenvalue weighted by Crippen LogP contribution is -2.29. The number of sulfonamides is 1. The van der Waals surface area contributed by atoms with Crippen LogP contribution in [0.4, 0.5) is 0 Å². The van der Waals surface area contributed by atoms with E-state index in [1.807, 2.05) is 30.3 Å². The number of hydrogen-bond acceptors (Lipinski definition) is 5. The van der Waals surface area contributed by atoms with Gasteiger partial charge in [-0.3, -0.25) is 4.79 Å². The van der Waals surface area contributed by atoms with Gasteiger partial charge in [0.1, 0.15) is 5.71 Å². The highest BCUT2D eigenvalue weighted by atomic mass is 32.2. The van der Waals surface area contributed by atoms with Crippen molar-refractivity contribution < 1.29 is 18.0 Å². The first-order chi connectivity index (χ1) is 12.5. The molecule has 0 saturated carbocycles. The van der Waals surface area contributed by atoms with Gasteiger partial charge in [0.15, 0.2) is 6.10 Å². The number of rotatable bonds is 6. The van der Waals surface area contributed by atoms with Crippen molar-refractivity contribution in [3.8, 4) is 0 Å². The molecule has 1 unspecified atom stereocenters. The van der Waals surface area contributed by atoms with Gasteiger partial charge in [-0.15, -0.1) is 0 Å². The van der Waals surface area contributed by atoms with Gasteiger partial charge >= 0.3 is 0 Å². The third-order valence-electron chi connectivity index (χ3n) is 4.06. The van der Waals surface area contributed by atoms with Gasteiger partial charge in [0.25, 0.3) is 5.91 Å². The number of nitrogens with one attached hydrogen (secondary N) is 2. The van der Waals surface area contributed by atoms with E-state index in [-0.39, 0.29) is 23.5 Å². The van der Waals surface area contributed by atoms with Crippen LogP contribution in [-0.2, 0) is 26.2 Å². The highest BCUT2D eigenvalue weighted by molar-refractivity contribution is 7.89. The third kappa shape index (κ3) is 4.09. The molecule has 3 rings (SSSR count). The lowest BCUT2D eigenvalue weighted by molar-refractivity contribution is -0.115. The fraction of sp³-hybridized carbons (Fsp3) is 0.222. The van der Waals surface area contributed by atoms with Crippen LogP contribution in [0.25, 0.3) is 0 Å². The van der Waals surface area contributed by atoms with Crippen molar-refractivity contribution in [2.45, 2.75) is 24.0 Å². The standard InChI is InChI=1S/C18H19N3O4S/c1-19-26(23,24)15-9-7-13(8-10-15)12-20-18(22)16-11-17(25-21-16)14-5-3-2-4-6-14/h2-10,17,19H,11-12H2,1H3,(H,20,22). The molecule has 0 bridgehead atoms. The van der Waals surface area contributed by atoms with E-state index >= 15 is 0 Å². The predicted molar refractivity (Wildman–Crippen MR) is 96.9 cm³/mol. The molecule has 0 spiro atoms. The van der Waals surface area contributed by atoms with Crippen LogP contribution in [-0.4, -0.2) is 27.1 Å². The summed E-state index contributed by atoms with van der Waals surface area (Å²) in [5.41, 5.74) is 2.10. The molecule has 2 aromatic rings. The lowest BCUT2D eigenvalue weighted by Gasteiger charge is -2.08. The van der Waals surface area contributed by atoms with Crippen LogP contribution in [0.2, 0.25) is 0 Å². The Morgan fingerprint density at radius 1 is 1.15 bits per heavy atom. The molecule has 26 heavy (non-hydrogen) atoms. The fourth-order valence-electron chi connectivity index (χ4n) is 2.55. The van der Waals surface area contributed by atoms with Crippen molar-refractivity contribution in [3.05, 3.63) is 65.7 Å². The first-order valence-electron chi connectivity index (χ1n) is 8.08. The Hall–Kier alpha value is -2.71. The van der Waals surface area contributed by atoms with Crippen LogP contribution in [0.15, 0.2) is 64.6 Å². The van der Waals surface area contributed by atoms with Gasteiger partial charge in [-0.1, -0.05) is 47.6 Å². The molecule has 1 heterocycles. The van der Waals surface area contributed by atoms with Crippen molar-refractivity contribution in [3.63, 3.8) is 0 Å². The zero-order valence-electron chi connectivity index (χ0n) is 14.2. The maximum absolute atomic E-state index is 12.2. The molecule has 0 fully saturated rings. The van der Waals surface area contributed by atoms with Gasteiger partial charge in [0.05, 0.1) is 4.90 Å². The minimum absolute atomic E-state index is 0.175. The fourth-order valence-corrected chi connectivity index (χ4v) is 3.28. The molecule has 2 N–H and O–H groups in total. The van der Waals surface area contributed by atoms with E-state index in [1.165, 1.54) is 19.2 Å². The van der Waals surface area contributed by atoms with Crippen LogP contribution in [0, 0.1) is 0 Å². The molecule has 0 saturated heterocycles. The van der Waals surface area contributed by atoms with Crippen molar-refractivity contribution >= 4 is 21.6 Å². The smallest absolute Gasteiger partial charge is 0.269 e. The summed E-state index contributed by atoms with van der Waals surface area (Å²) in [7, 11) is -2.11. The molecular weight excluding hydrogens is 354 g/mol. The monoisotopic (exact) mass is 373 g/mol. The zero-order chi connectivity index (χ0) is 18.6. The summed E-state index contributed by atoms with van der Waals surface area (Å²) in [5.74, 6) is -0.296. The van der Waals surface area contributed by atoms with E-state index in [9.17, 15) is 13.2 Å². The number of amides is 1. The first-order valence-corrected chi connectivity index (χ1v) is 9.56. The van der Waals surface area contributed by atoms with Gasteiger partial charge in [-0.25, -0.2) is 13.1 Å². The van der Waals surface area contributed by atoms with Gasteiger partial charge in [-0.2, -0.15) is 0 Å². The van der Waals surface area contributed by atoms with Crippen LogP contribution in [0.1, 0.15) is 23.7 Å². The molecule has 0 radical (unpaired) electrons. The van der Waals surface area contributed by atoms with Crippen molar-refractivity contribution in [2.24, 2.45) is 5.16 Å². The minimum atomic E-state index is -3.46. The normalized spacial score (nSPS) is 16.7. The van der Waals surface area contributed by atoms with E-state index in [2.05, 4.69) is 15.2 Å². The quantitative estimate of drug-likeness (QED) is 0.806. The highest BCUT2D eigenvalue weighted by Gasteiger charge is 2.27. The summed E-state index contributed by atoms with van der Waals surface area (Å²) >= 11 is 0. The molecule has 1 amide bonds. The Morgan fingerprint density at radius 3 is 2.50 bits per heavy atom. The van der Waals surface area contributed by atoms with Crippen LogP contribution < -0.4 is 10.0 Å². The molecule has 2 aromatic carbocycles. The topological polar surface area (TPSA) is 96.9 Å². The van der Waals surface area contributed by atoms with E-state index in [0.717, 1.165) is 11.1 Å². The second-order valence-electron chi connectivity index (χ2n) is 5.78. The van der Waals surface area contributed by atoms with Gasteiger partial charge in [0, 0.05) is 13.0 Å². The molecule has 8 heteroatoms. The van der Waals surface area contributed by atoms with E-state index in [4.69, 9.17) is 4.84 Å². The molecule has 0 aromatic heterocycles. The Bertz CT molecular complexity index is 909. The highest BCUT2D eigenvalue weighted by Crippen LogP contribution is 2.26. The summed E-state index contributed by atoms with van der Waals surface area (Å²) in [4.78, 5) is 17.8. The maximum atomic E-state index is 12.2. The van der Waals surface area contributed by atoms with Crippen molar-refractivity contribution in [1.82, 2.24) is 10.0 Å². The summed E-state index contributed by atoms with van der Waals surface area (Å²) < 4.78 is 25.6. The average Bonchev–Trinajstić information content (AvgIpc) is 3.17. The van der Waals surface area contributed by atoms with E-state index in [0.29, 0.717) is 12.1 Å². The molecule has 7 nitrogen and oxygen atoms in total. The number of oxime groups is 1. The second-order valence-corrected chi connectivity index (χ2v) is 7.67. The summed E-state index contributed by atoms with van der Waals surface area (Å²) in [6.45, 7) is 0.272. The molecule has 1 aliphatic heterocycles. The largest absolute Gasteiger partial charge is 0.387 e. The van der Waals surface area contributed by atoms with E-state index in [1.54, 1.807) is 12.1 Å². The Kier molecular flexibility index (Phi) is 5.34. The molecule has 1 atom stereocenters. The van der Waals surface area contributed by atoms with Gasteiger partial charge in [0.2, 0.25) is 10.0 Å².